The van der Waals surface area contributed by atoms with Crippen LogP contribution in [0.15, 0.2) is 180 Å². The Morgan fingerprint density at radius 2 is 1.04 bits per heavy atom. The van der Waals surface area contributed by atoms with Gasteiger partial charge in [-0.15, -0.1) is 0 Å². The van der Waals surface area contributed by atoms with Gasteiger partial charge in [0.25, 0.3) is 0 Å². The number of nitrogens with zero attached hydrogens (tertiary/aromatic N) is 1. The lowest BCUT2D eigenvalue weighted by Gasteiger charge is -2.30. The molecule has 0 fully saturated rings. The monoisotopic (exact) mass is 615 g/mol. The molecular weight excluding hydrogens is 583 g/mol. The molecule has 7 aromatic carbocycles. The predicted octanol–water partition coefficient (Wildman–Crippen LogP) is 12.9. The zero-order valence-electron chi connectivity index (χ0n) is 26.5. The average Bonchev–Trinajstić information content (AvgIpc) is 3.53. The molecule has 2 heteroatoms. The maximum absolute atomic E-state index is 6.74. The summed E-state index contributed by atoms with van der Waals surface area (Å²) in [4.78, 5) is 2.38. The molecule has 1 heterocycles. The Morgan fingerprint density at radius 1 is 0.500 bits per heavy atom. The first-order valence-electron chi connectivity index (χ1n) is 16.6. The fourth-order valence-corrected chi connectivity index (χ4v) is 7.23. The van der Waals surface area contributed by atoms with Crippen LogP contribution >= 0.6 is 0 Å². The highest BCUT2D eigenvalue weighted by molar-refractivity contribution is 6.00. The van der Waals surface area contributed by atoms with Crippen LogP contribution in [0.4, 0.5) is 17.1 Å². The highest BCUT2D eigenvalue weighted by Gasteiger charge is 2.29. The number of allylic oxidation sites excluding steroid dienone is 1. The van der Waals surface area contributed by atoms with Gasteiger partial charge in [0.2, 0.25) is 0 Å². The maximum atomic E-state index is 6.74. The molecule has 8 aromatic rings. The summed E-state index contributed by atoms with van der Waals surface area (Å²) in [5.41, 5.74) is 11.6. The van der Waals surface area contributed by atoms with E-state index in [4.69, 9.17) is 4.42 Å². The number of fused-ring (bicyclic) bond motifs is 4. The Kier molecular flexibility index (Phi) is 6.98. The summed E-state index contributed by atoms with van der Waals surface area (Å²) in [6.07, 6.45) is 5.43. The van der Waals surface area contributed by atoms with Crippen LogP contribution in [-0.2, 0) is 0 Å². The predicted molar refractivity (Wildman–Crippen MR) is 201 cm³/mol. The van der Waals surface area contributed by atoms with Crippen LogP contribution in [-0.4, -0.2) is 0 Å². The van der Waals surface area contributed by atoms with Gasteiger partial charge in [0.1, 0.15) is 11.3 Å². The molecule has 0 N–H and O–H groups in total. The molecule has 0 saturated carbocycles. The highest BCUT2D eigenvalue weighted by atomic mass is 16.3. The SMILES string of the molecule is C1=Cc2c(oc3cc4ccccc4cc23)C(c2ccccc2N(c2ccccc2)c2ccc(-c3ccc(-c4ccccc4)cc3)cc2)C1. The van der Waals surface area contributed by atoms with E-state index >= 15 is 0 Å². The first-order valence-corrected chi connectivity index (χ1v) is 16.6. The minimum Gasteiger partial charge on any atom is -0.460 e. The van der Waals surface area contributed by atoms with Crippen LogP contribution < -0.4 is 4.90 Å². The maximum Gasteiger partial charge on any atom is 0.135 e. The van der Waals surface area contributed by atoms with Gasteiger partial charge in [-0.1, -0.05) is 140 Å². The Morgan fingerprint density at radius 3 is 1.75 bits per heavy atom. The Bertz CT molecular complexity index is 2400. The molecule has 0 saturated heterocycles. The molecule has 1 unspecified atom stereocenters. The molecule has 0 spiro atoms. The van der Waals surface area contributed by atoms with E-state index in [1.165, 1.54) is 49.5 Å². The van der Waals surface area contributed by atoms with E-state index in [1.54, 1.807) is 0 Å². The fraction of sp³-hybridized carbons (Fsp3) is 0.0435. The summed E-state index contributed by atoms with van der Waals surface area (Å²) in [7, 11) is 0. The van der Waals surface area contributed by atoms with Crippen LogP contribution in [0.25, 0.3) is 50.1 Å². The molecule has 2 nitrogen and oxygen atoms in total. The van der Waals surface area contributed by atoms with Crippen LogP contribution in [0.5, 0.6) is 0 Å². The van der Waals surface area contributed by atoms with Gasteiger partial charge in [-0.2, -0.15) is 0 Å². The van der Waals surface area contributed by atoms with Crippen molar-refractivity contribution >= 4 is 44.9 Å². The normalized spacial score (nSPS) is 13.9. The number of para-hydroxylation sites is 2. The molecule has 0 amide bonds. The Balaban J connectivity index is 1.11. The molecule has 0 aliphatic heterocycles. The van der Waals surface area contributed by atoms with Gasteiger partial charge in [0.05, 0.1) is 5.69 Å². The number of hydrogen-bond donors (Lipinski definition) is 0. The molecule has 1 aliphatic carbocycles. The largest absolute Gasteiger partial charge is 0.460 e. The second-order valence-electron chi connectivity index (χ2n) is 12.5. The van der Waals surface area contributed by atoms with Crippen molar-refractivity contribution in [3.8, 4) is 22.3 Å². The van der Waals surface area contributed by atoms with Gasteiger partial charge in [0, 0.05) is 28.2 Å². The smallest absolute Gasteiger partial charge is 0.135 e. The lowest BCUT2D eigenvalue weighted by atomic mass is 9.85. The first-order chi connectivity index (χ1) is 23.8. The lowest BCUT2D eigenvalue weighted by molar-refractivity contribution is 0.517. The average molecular weight is 616 g/mol. The molecule has 1 atom stereocenters. The van der Waals surface area contributed by atoms with Crippen molar-refractivity contribution in [2.75, 3.05) is 4.90 Å². The minimum atomic E-state index is 0.0883. The zero-order valence-corrected chi connectivity index (χ0v) is 26.5. The zero-order chi connectivity index (χ0) is 31.9. The third kappa shape index (κ3) is 4.99. The second-order valence-corrected chi connectivity index (χ2v) is 12.5. The van der Waals surface area contributed by atoms with E-state index in [0.29, 0.717) is 0 Å². The third-order valence-electron chi connectivity index (χ3n) is 9.61. The van der Waals surface area contributed by atoms with E-state index in [1.807, 2.05) is 0 Å². The van der Waals surface area contributed by atoms with Crippen molar-refractivity contribution in [3.05, 3.63) is 193 Å². The standard InChI is InChI=1S/C46H33NO/c1-3-12-32(13-4-1)33-22-24-34(25-23-33)35-26-28-39(29-27-35)47(38-16-5-2-6-17-38)44-21-10-9-18-40(44)41-19-11-20-42-43-30-36-14-7-8-15-37(36)31-45(43)48-46(41)42/h1-18,20-31,41H,19H2. The van der Waals surface area contributed by atoms with Crippen molar-refractivity contribution < 1.29 is 4.42 Å². The van der Waals surface area contributed by atoms with Gasteiger partial charge < -0.3 is 9.32 Å². The third-order valence-corrected chi connectivity index (χ3v) is 9.61. The van der Waals surface area contributed by atoms with Gasteiger partial charge in [-0.3, -0.25) is 0 Å². The van der Waals surface area contributed by atoms with Gasteiger partial charge in [-0.25, -0.2) is 0 Å². The minimum absolute atomic E-state index is 0.0883. The molecule has 0 radical (unpaired) electrons. The van der Waals surface area contributed by atoms with Crippen molar-refractivity contribution in [1.29, 1.82) is 0 Å². The van der Waals surface area contributed by atoms with Crippen LogP contribution in [0.3, 0.4) is 0 Å². The number of furan rings is 1. The Hall–Kier alpha value is -6.12. The van der Waals surface area contributed by atoms with E-state index < -0.39 is 0 Å². The molecule has 9 rings (SSSR count). The van der Waals surface area contributed by atoms with Crippen LogP contribution in [0, 0.1) is 0 Å². The summed E-state index contributed by atoms with van der Waals surface area (Å²) in [5, 5.41) is 3.60. The van der Waals surface area contributed by atoms with E-state index in [0.717, 1.165) is 34.8 Å². The Labute approximate surface area is 280 Å². The number of anilines is 3. The topological polar surface area (TPSA) is 16.4 Å². The lowest BCUT2D eigenvalue weighted by Crippen LogP contribution is -2.15. The second kappa shape index (κ2) is 11.9. The molecule has 1 aromatic heterocycles. The molecule has 1 aliphatic rings. The van der Waals surface area contributed by atoms with Crippen molar-refractivity contribution in [2.24, 2.45) is 0 Å². The number of rotatable bonds is 6. The number of benzene rings is 7. The summed E-state index contributed by atoms with van der Waals surface area (Å²) in [5.74, 6) is 1.13. The van der Waals surface area contributed by atoms with Gasteiger partial charge >= 0.3 is 0 Å². The first kappa shape index (κ1) is 28.1. The van der Waals surface area contributed by atoms with Crippen molar-refractivity contribution in [2.45, 2.75) is 12.3 Å². The van der Waals surface area contributed by atoms with E-state index in [-0.39, 0.29) is 5.92 Å². The van der Waals surface area contributed by atoms with Crippen LogP contribution in [0.1, 0.15) is 29.2 Å². The summed E-state index contributed by atoms with van der Waals surface area (Å²) in [6.45, 7) is 0. The molecule has 0 bridgehead atoms. The molecule has 48 heavy (non-hydrogen) atoms. The highest BCUT2D eigenvalue weighted by Crippen LogP contribution is 2.47. The summed E-state index contributed by atoms with van der Waals surface area (Å²) < 4.78 is 6.74. The van der Waals surface area contributed by atoms with E-state index in [2.05, 4.69) is 187 Å². The van der Waals surface area contributed by atoms with E-state index in [9.17, 15) is 0 Å². The molecule has 228 valence electrons. The fourth-order valence-electron chi connectivity index (χ4n) is 7.23. The van der Waals surface area contributed by atoms with Crippen molar-refractivity contribution in [1.82, 2.24) is 0 Å². The van der Waals surface area contributed by atoms with Gasteiger partial charge in [-0.05, 0) is 87.5 Å². The van der Waals surface area contributed by atoms with Gasteiger partial charge in [0.15, 0.2) is 0 Å². The summed E-state index contributed by atoms with van der Waals surface area (Å²) in [6, 6.07) is 60.8. The quantitative estimate of drug-likeness (QED) is 0.185. The van der Waals surface area contributed by atoms with Crippen molar-refractivity contribution in [3.63, 3.8) is 0 Å². The van der Waals surface area contributed by atoms with Crippen LogP contribution in [0.2, 0.25) is 0 Å². The summed E-state index contributed by atoms with van der Waals surface area (Å²) >= 11 is 0. The number of hydrogen-bond acceptors (Lipinski definition) is 2. The molecular formula is C46H33NO.